The normalized spacial score (nSPS) is 20.6. The van der Waals surface area contributed by atoms with Crippen molar-refractivity contribution >= 4 is 37.8 Å². The predicted octanol–water partition coefficient (Wildman–Crippen LogP) is 2.41. The highest BCUT2D eigenvalue weighted by molar-refractivity contribution is 9.10. The average Bonchev–Trinajstić information content (AvgIpc) is 1.94. The van der Waals surface area contributed by atoms with E-state index in [0.717, 1.165) is 6.42 Å². The first-order chi connectivity index (χ1) is 5.83. The zero-order chi connectivity index (χ0) is 10.1. The lowest BCUT2D eigenvalue weighted by molar-refractivity contribution is -0.126. The minimum atomic E-state index is -3.02. The second kappa shape index (κ2) is 3.81. The van der Waals surface area contributed by atoms with Crippen LogP contribution in [0.25, 0.3) is 0 Å². The fraction of sp³-hybridized carbons (Fsp3) is 0.857. The molecule has 0 aromatic carbocycles. The highest BCUT2D eigenvalue weighted by Crippen LogP contribution is 2.40. The van der Waals surface area contributed by atoms with Gasteiger partial charge in [-0.1, -0.05) is 15.9 Å². The Labute approximate surface area is 91.7 Å². The fourth-order valence-corrected chi connectivity index (χ4v) is 1.89. The van der Waals surface area contributed by atoms with Crippen molar-refractivity contribution in [1.29, 1.82) is 0 Å². The molecule has 1 fully saturated rings. The van der Waals surface area contributed by atoms with Crippen LogP contribution in [0.15, 0.2) is 0 Å². The zero-order valence-corrected chi connectivity index (χ0v) is 9.92. The van der Waals surface area contributed by atoms with Gasteiger partial charge in [-0.05, 0) is 35.2 Å². The number of carbonyl (C=O) groups excluding carboxylic acids is 1. The molecule has 0 unspecified atom stereocenters. The minimum Gasteiger partial charge on any atom is -0.348 e. The first kappa shape index (κ1) is 11.4. The highest BCUT2D eigenvalue weighted by atomic mass is 79.9. The number of hydrogen-bond donors (Lipinski definition) is 1. The van der Waals surface area contributed by atoms with Gasteiger partial charge in [0.2, 0.25) is 5.91 Å². The first-order valence-corrected chi connectivity index (χ1v) is 5.46. The van der Waals surface area contributed by atoms with Gasteiger partial charge in [-0.25, -0.2) is 0 Å². The second-order valence-electron chi connectivity index (χ2n) is 3.12. The molecular weight excluding hydrogens is 312 g/mol. The van der Waals surface area contributed by atoms with Gasteiger partial charge in [-0.15, -0.1) is 0 Å². The van der Waals surface area contributed by atoms with E-state index in [1.165, 1.54) is 0 Å². The maximum Gasteiger partial charge on any atom is 0.318 e. The number of nitrogens with one attached hydrogen (secondary N) is 1. The van der Waals surface area contributed by atoms with Crippen molar-refractivity contribution in [2.24, 2.45) is 0 Å². The SMILES string of the molecule is O=C(NCC(F)(F)Br)C1(Br)CCC1. The summed E-state index contributed by atoms with van der Waals surface area (Å²) in [6, 6.07) is 0. The van der Waals surface area contributed by atoms with E-state index in [9.17, 15) is 13.6 Å². The number of hydrogen-bond acceptors (Lipinski definition) is 1. The van der Waals surface area contributed by atoms with E-state index in [0.29, 0.717) is 12.8 Å². The number of rotatable bonds is 3. The molecule has 1 N–H and O–H groups in total. The van der Waals surface area contributed by atoms with Crippen molar-refractivity contribution in [2.45, 2.75) is 28.4 Å². The third-order valence-electron chi connectivity index (χ3n) is 2.00. The Morgan fingerprint density at radius 3 is 2.38 bits per heavy atom. The number of halogens is 4. The molecule has 0 aromatic heterocycles. The number of alkyl halides is 4. The van der Waals surface area contributed by atoms with Gasteiger partial charge in [-0.2, -0.15) is 8.78 Å². The van der Waals surface area contributed by atoms with Crippen molar-refractivity contribution < 1.29 is 13.6 Å². The molecule has 0 aromatic rings. The Morgan fingerprint density at radius 2 is 2.08 bits per heavy atom. The second-order valence-corrected chi connectivity index (χ2v) is 5.79. The van der Waals surface area contributed by atoms with Crippen molar-refractivity contribution in [3.05, 3.63) is 0 Å². The van der Waals surface area contributed by atoms with Crippen LogP contribution in [-0.2, 0) is 4.79 Å². The van der Waals surface area contributed by atoms with E-state index in [4.69, 9.17) is 0 Å². The molecule has 1 aliphatic carbocycles. The van der Waals surface area contributed by atoms with Crippen molar-refractivity contribution in [2.75, 3.05) is 6.54 Å². The third kappa shape index (κ3) is 3.16. The summed E-state index contributed by atoms with van der Waals surface area (Å²) in [6.45, 7) is -0.667. The molecule has 13 heavy (non-hydrogen) atoms. The summed E-state index contributed by atoms with van der Waals surface area (Å²) in [5, 5.41) is 2.18. The van der Waals surface area contributed by atoms with Gasteiger partial charge in [0.1, 0.15) is 4.32 Å². The summed E-state index contributed by atoms with van der Waals surface area (Å²) in [6.07, 6.45) is 2.39. The van der Waals surface area contributed by atoms with Crippen molar-refractivity contribution in [3.63, 3.8) is 0 Å². The summed E-state index contributed by atoms with van der Waals surface area (Å²) < 4.78 is 24.0. The Morgan fingerprint density at radius 1 is 1.54 bits per heavy atom. The van der Waals surface area contributed by atoms with E-state index in [-0.39, 0.29) is 5.91 Å². The molecule has 6 heteroatoms. The molecule has 0 radical (unpaired) electrons. The lowest BCUT2D eigenvalue weighted by Gasteiger charge is -2.34. The van der Waals surface area contributed by atoms with E-state index < -0.39 is 15.7 Å². The van der Waals surface area contributed by atoms with Crippen LogP contribution in [0.1, 0.15) is 19.3 Å². The van der Waals surface area contributed by atoms with Gasteiger partial charge >= 0.3 is 4.83 Å². The van der Waals surface area contributed by atoms with Crippen LogP contribution in [0.5, 0.6) is 0 Å². The summed E-state index contributed by atoms with van der Waals surface area (Å²) in [7, 11) is 0. The molecule has 0 heterocycles. The van der Waals surface area contributed by atoms with Crippen LogP contribution in [0.2, 0.25) is 0 Å². The summed E-state index contributed by atoms with van der Waals surface area (Å²) in [5.41, 5.74) is 0. The first-order valence-electron chi connectivity index (χ1n) is 3.87. The monoisotopic (exact) mass is 319 g/mol. The molecule has 0 atom stereocenters. The minimum absolute atomic E-state index is 0.349. The van der Waals surface area contributed by atoms with Gasteiger partial charge in [0.05, 0.1) is 6.54 Å². The molecule has 76 valence electrons. The standard InChI is InChI=1S/C7H9Br2F2NO/c8-6(2-1-3-6)5(13)12-4-7(9,10)11/h1-4H2,(H,12,13). The smallest absolute Gasteiger partial charge is 0.318 e. The molecule has 0 bridgehead atoms. The molecule has 1 saturated carbocycles. The van der Waals surface area contributed by atoms with Gasteiger partial charge in [0, 0.05) is 0 Å². The predicted molar refractivity (Wildman–Crippen MR) is 52.4 cm³/mol. The van der Waals surface area contributed by atoms with Crippen molar-refractivity contribution in [1.82, 2.24) is 5.32 Å². The molecule has 0 aliphatic heterocycles. The van der Waals surface area contributed by atoms with Crippen LogP contribution in [0.3, 0.4) is 0 Å². The molecule has 0 saturated heterocycles. The molecule has 2 nitrogen and oxygen atoms in total. The summed E-state index contributed by atoms with van der Waals surface area (Å²) >= 11 is 5.38. The van der Waals surface area contributed by atoms with Crippen molar-refractivity contribution in [3.8, 4) is 0 Å². The molecule has 1 rings (SSSR count). The molecule has 0 spiro atoms. The Hall–Kier alpha value is 0.290. The van der Waals surface area contributed by atoms with E-state index >= 15 is 0 Å². The topological polar surface area (TPSA) is 29.1 Å². The molecular formula is C7H9Br2F2NO. The summed E-state index contributed by atoms with van der Waals surface area (Å²) in [4.78, 5) is 8.26. The number of amides is 1. The van der Waals surface area contributed by atoms with Gasteiger partial charge in [0.25, 0.3) is 0 Å². The zero-order valence-electron chi connectivity index (χ0n) is 6.75. The van der Waals surface area contributed by atoms with Crippen LogP contribution in [0.4, 0.5) is 8.78 Å². The Balaban J connectivity index is 2.34. The van der Waals surface area contributed by atoms with Gasteiger partial charge < -0.3 is 5.32 Å². The Kier molecular flexibility index (Phi) is 3.33. The maximum atomic E-state index is 12.3. The maximum absolute atomic E-state index is 12.3. The van der Waals surface area contributed by atoms with Gasteiger partial charge in [0.15, 0.2) is 0 Å². The van der Waals surface area contributed by atoms with Crippen LogP contribution in [0, 0.1) is 0 Å². The Bertz CT molecular complexity index is 213. The number of carbonyl (C=O) groups is 1. The summed E-state index contributed by atoms with van der Waals surface area (Å²) in [5.74, 6) is -0.349. The van der Waals surface area contributed by atoms with Crippen LogP contribution in [-0.4, -0.2) is 21.6 Å². The largest absolute Gasteiger partial charge is 0.348 e. The van der Waals surface area contributed by atoms with Crippen LogP contribution >= 0.6 is 31.9 Å². The van der Waals surface area contributed by atoms with Gasteiger partial charge in [-0.3, -0.25) is 4.79 Å². The van der Waals surface area contributed by atoms with E-state index in [1.807, 2.05) is 0 Å². The lowest BCUT2D eigenvalue weighted by atomic mass is 9.84. The lowest BCUT2D eigenvalue weighted by Crippen LogP contribution is -2.49. The van der Waals surface area contributed by atoms with E-state index in [1.54, 1.807) is 0 Å². The molecule has 1 amide bonds. The third-order valence-corrected chi connectivity index (χ3v) is 3.44. The van der Waals surface area contributed by atoms with Crippen LogP contribution < -0.4 is 5.32 Å². The molecule has 1 aliphatic rings. The quantitative estimate of drug-likeness (QED) is 0.795. The highest BCUT2D eigenvalue weighted by Gasteiger charge is 2.42. The fourth-order valence-electron chi connectivity index (χ4n) is 1.05. The van der Waals surface area contributed by atoms with E-state index in [2.05, 4.69) is 37.2 Å². The average molecular weight is 321 g/mol.